The van der Waals surface area contributed by atoms with Crippen LogP contribution in [0.5, 0.6) is 0 Å². The van der Waals surface area contributed by atoms with Gasteiger partial charge in [-0.1, -0.05) is 35.9 Å². The van der Waals surface area contributed by atoms with Crippen molar-refractivity contribution in [3.8, 4) is 0 Å². The molecule has 2 aromatic heterocycles. The number of hydrogen-bond acceptors (Lipinski definition) is 3. The van der Waals surface area contributed by atoms with E-state index in [-0.39, 0.29) is 12.1 Å². The van der Waals surface area contributed by atoms with Gasteiger partial charge in [0.1, 0.15) is 0 Å². The summed E-state index contributed by atoms with van der Waals surface area (Å²) in [6, 6.07) is 14.9. The van der Waals surface area contributed by atoms with Gasteiger partial charge in [0.25, 0.3) is 0 Å². The number of nitrogens with one attached hydrogen (secondary N) is 1. The van der Waals surface area contributed by atoms with Crippen LogP contribution in [-0.2, 0) is 0 Å². The molecule has 0 saturated carbocycles. The van der Waals surface area contributed by atoms with Crippen LogP contribution >= 0.6 is 0 Å². The molecule has 4 heteroatoms. The lowest BCUT2D eigenvalue weighted by Crippen LogP contribution is -2.24. The molecule has 2 heterocycles. The first-order valence-electron chi connectivity index (χ1n) is 7.27. The smallest absolute Gasteiger partial charge is 0.160 e. The molecule has 2 atom stereocenters. The van der Waals surface area contributed by atoms with E-state index in [1.165, 1.54) is 11.1 Å². The summed E-state index contributed by atoms with van der Waals surface area (Å²) in [6.07, 6.45) is 2.00. The minimum Gasteiger partial charge on any atom is -0.301 e. The highest BCUT2D eigenvalue weighted by Crippen LogP contribution is 2.19. The molecule has 3 rings (SSSR count). The van der Waals surface area contributed by atoms with Crippen molar-refractivity contribution in [1.29, 1.82) is 0 Å². The Morgan fingerprint density at radius 2 is 1.86 bits per heavy atom. The SMILES string of the molecule is Cc1cccc(C(C)NC(C)c2nnc3ccccn23)c1. The van der Waals surface area contributed by atoms with E-state index in [0.717, 1.165) is 11.5 Å². The second-order valence-corrected chi connectivity index (χ2v) is 5.51. The van der Waals surface area contributed by atoms with Crippen LogP contribution in [0.1, 0.15) is 42.9 Å². The minimum absolute atomic E-state index is 0.123. The number of aromatic nitrogens is 3. The molecule has 21 heavy (non-hydrogen) atoms. The summed E-state index contributed by atoms with van der Waals surface area (Å²) in [5, 5.41) is 12.1. The molecule has 0 aliphatic carbocycles. The van der Waals surface area contributed by atoms with Crippen molar-refractivity contribution in [3.63, 3.8) is 0 Å². The summed E-state index contributed by atoms with van der Waals surface area (Å²) in [5.74, 6) is 0.935. The first-order chi connectivity index (χ1) is 10.1. The molecule has 0 spiro atoms. The molecule has 0 bridgehead atoms. The van der Waals surface area contributed by atoms with Crippen LogP contribution in [0.4, 0.5) is 0 Å². The van der Waals surface area contributed by atoms with Gasteiger partial charge in [-0.2, -0.15) is 0 Å². The van der Waals surface area contributed by atoms with E-state index in [4.69, 9.17) is 0 Å². The van der Waals surface area contributed by atoms with Crippen LogP contribution in [0.15, 0.2) is 48.7 Å². The number of rotatable bonds is 4. The van der Waals surface area contributed by atoms with Crippen molar-refractivity contribution in [3.05, 3.63) is 65.6 Å². The molecule has 108 valence electrons. The average Bonchev–Trinajstić information content (AvgIpc) is 2.91. The minimum atomic E-state index is 0.123. The molecular weight excluding hydrogens is 260 g/mol. The largest absolute Gasteiger partial charge is 0.301 e. The third-order valence-corrected chi connectivity index (χ3v) is 3.77. The fraction of sp³-hybridized carbons (Fsp3) is 0.294. The van der Waals surface area contributed by atoms with Gasteiger partial charge in [0.15, 0.2) is 11.5 Å². The molecule has 0 amide bonds. The van der Waals surface area contributed by atoms with Gasteiger partial charge in [-0.3, -0.25) is 4.40 Å². The Balaban J connectivity index is 1.81. The number of aryl methyl sites for hydroxylation is 1. The van der Waals surface area contributed by atoms with Crippen LogP contribution in [0.2, 0.25) is 0 Å². The van der Waals surface area contributed by atoms with Crippen LogP contribution in [0, 0.1) is 6.92 Å². The van der Waals surface area contributed by atoms with Gasteiger partial charge >= 0.3 is 0 Å². The van der Waals surface area contributed by atoms with E-state index in [9.17, 15) is 0 Å². The Morgan fingerprint density at radius 1 is 1.00 bits per heavy atom. The fourth-order valence-electron chi connectivity index (χ4n) is 2.64. The second kappa shape index (κ2) is 5.66. The Kier molecular flexibility index (Phi) is 3.71. The normalized spacial score (nSPS) is 14.2. The van der Waals surface area contributed by atoms with Crippen molar-refractivity contribution >= 4 is 5.65 Å². The lowest BCUT2D eigenvalue weighted by Gasteiger charge is -2.19. The summed E-state index contributed by atoms with van der Waals surface area (Å²) in [6.45, 7) is 6.41. The number of fused-ring (bicyclic) bond motifs is 1. The van der Waals surface area contributed by atoms with E-state index in [2.05, 4.69) is 60.6 Å². The van der Waals surface area contributed by atoms with E-state index in [1.807, 2.05) is 28.8 Å². The van der Waals surface area contributed by atoms with Crippen LogP contribution in [-0.4, -0.2) is 14.6 Å². The molecule has 4 nitrogen and oxygen atoms in total. The van der Waals surface area contributed by atoms with E-state index < -0.39 is 0 Å². The predicted octanol–water partition coefficient (Wildman–Crippen LogP) is 3.45. The zero-order chi connectivity index (χ0) is 14.8. The molecule has 2 unspecified atom stereocenters. The lowest BCUT2D eigenvalue weighted by atomic mass is 10.1. The van der Waals surface area contributed by atoms with Crippen LogP contribution in [0.25, 0.3) is 5.65 Å². The first kappa shape index (κ1) is 13.8. The van der Waals surface area contributed by atoms with Gasteiger partial charge in [-0.15, -0.1) is 10.2 Å². The van der Waals surface area contributed by atoms with Gasteiger partial charge in [0.2, 0.25) is 0 Å². The van der Waals surface area contributed by atoms with Gasteiger partial charge in [0, 0.05) is 12.2 Å². The van der Waals surface area contributed by atoms with Crippen molar-refractivity contribution < 1.29 is 0 Å². The van der Waals surface area contributed by atoms with Gasteiger partial charge in [-0.25, -0.2) is 0 Å². The summed E-state index contributed by atoms with van der Waals surface area (Å²) < 4.78 is 2.03. The molecule has 1 aromatic carbocycles. The zero-order valence-electron chi connectivity index (χ0n) is 12.6. The first-order valence-corrected chi connectivity index (χ1v) is 7.27. The number of nitrogens with zero attached hydrogens (tertiary/aromatic N) is 3. The monoisotopic (exact) mass is 280 g/mol. The molecule has 0 aliphatic heterocycles. The second-order valence-electron chi connectivity index (χ2n) is 5.51. The molecule has 1 N–H and O–H groups in total. The highest BCUT2D eigenvalue weighted by Gasteiger charge is 2.16. The van der Waals surface area contributed by atoms with E-state index in [1.54, 1.807) is 0 Å². The van der Waals surface area contributed by atoms with Crippen LogP contribution < -0.4 is 5.32 Å². The third kappa shape index (κ3) is 2.81. The molecular formula is C17H20N4. The highest BCUT2D eigenvalue weighted by molar-refractivity contribution is 5.37. The maximum atomic E-state index is 4.31. The predicted molar refractivity (Wildman–Crippen MR) is 84.1 cm³/mol. The maximum absolute atomic E-state index is 4.31. The van der Waals surface area contributed by atoms with Gasteiger partial charge in [-0.05, 0) is 38.5 Å². The Labute approximate surface area is 124 Å². The quantitative estimate of drug-likeness (QED) is 0.796. The topological polar surface area (TPSA) is 42.2 Å². The Morgan fingerprint density at radius 3 is 2.67 bits per heavy atom. The van der Waals surface area contributed by atoms with Gasteiger partial charge < -0.3 is 5.32 Å². The highest BCUT2D eigenvalue weighted by atomic mass is 15.3. The van der Waals surface area contributed by atoms with Crippen molar-refractivity contribution in [2.45, 2.75) is 32.9 Å². The summed E-state index contributed by atoms with van der Waals surface area (Å²) >= 11 is 0. The Bertz CT molecular complexity index is 747. The van der Waals surface area contributed by atoms with Gasteiger partial charge in [0.05, 0.1) is 6.04 Å². The molecule has 0 saturated heterocycles. The van der Waals surface area contributed by atoms with Crippen molar-refractivity contribution in [2.75, 3.05) is 0 Å². The molecule has 3 aromatic rings. The number of pyridine rings is 1. The number of benzene rings is 1. The molecule has 0 aliphatic rings. The standard InChI is InChI=1S/C17H20N4/c1-12-7-6-8-15(11-12)13(2)18-14(3)17-20-19-16-9-4-5-10-21(16)17/h4-11,13-14,18H,1-3H3. The van der Waals surface area contributed by atoms with Crippen LogP contribution in [0.3, 0.4) is 0 Å². The van der Waals surface area contributed by atoms with E-state index in [0.29, 0.717) is 0 Å². The molecule has 0 radical (unpaired) electrons. The van der Waals surface area contributed by atoms with E-state index >= 15 is 0 Å². The Hall–Kier alpha value is -2.20. The lowest BCUT2D eigenvalue weighted by molar-refractivity contribution is 0.473. The average molecular weight is 280 g/mol. The maximum Gasteiger partial charge on any atom is 0.160 e. The summed E-state index contributed by atoms with van der Waals surface area (Å²) in [5.41, 5.74) is 3.45. The fourth-order valence-corrected chi connectivity index (χ4v) is 2.64. The summed E-state index contributed by atoms with van der Waals surface area (Å²) in [7, 11) is 0. The molecule has 0 fully saturated rings. The number of hydrogen-bond donors (Lipinski definition) is 1. The summed E-state index contributed by atoms with van der Waals surface area (Å²) in [4.78, 5) is 0. The van der Waals surface area contributed by atoms with Crippen molar-refractivity contribution in [2.24, 2.45) is 0 Å². The van der Waals surface area contributed by atoms with Crippen molar-refractivity contribution in [1.82, 2.24) is 19.9 Å². The zero-order valence-corrected chi connectivity index (χ0v) is 12.6. The third-order valence-electron chi connectivity index (χ3n) is 3.77.